The van der Waals surface area contributed by atoms with Crippen LogP contribution < -0.4 is 9.47 Å². The number of rotatable bonds is 2. The van der Waals surface area contributed by atoms with E-state index in [-0.39, 0.29) is 11.1 Å². The van der Waals surface area contributed by atoms with E-state index in [4.69, 9.17) is 19.1 Å². The highest BCUT2D eigenvalue weighted by atomic mass is 79.9. The molecule has 1 aliphatic carbocycles. The lowest BCUT2D eigenvalue weighted by Crippen LogP contribution is -2.17. The largest absolute Gasteiger partial charge is 0.489 e. The van der Waals surface area contributed by atoms with Gasteiger partial charge in [0.05, 0.1) is 13.2 Å². The number of nitrogens with zero attached hydrogens (tertiary/aromatic N) is 1. The average molecular weight is 366 g/mol. The van der Waals surface area contributed by atoms with Gasteiger partial charge in [-0.3, -0.25) is 0 Å². The second-order valence-electron chi connectivity index (χ2n) is 5.74. The van der Waals surface area contributed by atoms with Crippen molar-refractivity contribution in [2.45, 2.75) is 12.8 Å². The van der Waals surface area contributed by atoms with Crippen molar-refractivity contribution < 1.29 is 23.9 Å². The summed E-state index contributed by atoms with van der Waals surface area (Å²) >= 11 is 3.46. The topological polar surface area (TPSA) is 81.8 Å². The zero-order chi connectivity index (χ0) is 15.3. The Morgan fingerprint density at radius 3 is 2.45 bits per heavy atom. The first-order valence-corrected chi connectivity index (χ1v) is 7.65. The molecule has 114 valence electrons. The van der Waals surface area contributed by atoms with E-state index in [1.165, 1.54) is 6.07 Å². The van der Waals surface area contributed by atoms with Crippen molar-refractivity contribution in [3.63, 3.8) is 0 Å². The maximum absolute atomic E-state index is 10.9. The van der Waals surface area contributed by atoms with Crippen molar-refractivity contribution >= 4 is 21.9 Å². The predicted octanol–water partition coefficient (Wildman–Crippen LogP) is 3.35. The second kappa shape index (κ2) is 4.74. The Bertz CT molecular complexity index is 765. The van der Waals surface area contributed by atoms with Crippen molar-refractivity contribution in [1.29, 1.82) is 0 Å². The Morgan fingerprint density at radius 1 is 1.18 bits per heavy atom. The molecule has 0 atom stereocenters. The van der Waals surface area contributed by atoms with Gasteiger partial charge in [-0.1, -0.05) is 5.16 Å². The van der Waals surface area contributed by atoms with Crippen LogP contribution in [0.3, 0.4) is 0 Å². The van der Waals surface area contributed by atoms with E-state index in [9.17, 15) is 4.79 Å². The maximum Gasteiger partial charge on any atom is 0.358 e. The van der Waals surface area contributed by atoms with E-state index in [0.29, 0.717) is 36.0 Å². The van der Waals surface area contributed by atoms with Crippen LogP contribution in [0.15, 0.2) is 27.2 Å². The number of carbonyl (C=O) groups is 1. The van der Waals surface area contributed by atoms with Gasteiger partial charge in [-0.15, -0.1) is 0 Å². The van der Waals surface area contributed by atoms with E-state index >= 15 is 0 Å². The smallest absolute Gasteiger partial charge is 0.358 e. The van der Waals surface area contributed by atoms with Gasteiger partial charge in [0, 0.05) is 21.5 Å². The lowest BCUT2D eigenvalue weighted by atomic mass is 10.1. The first-order chi connectivity index (χ1) is 10.6. The molecule has 1 fully saturated rings. The SMILES string of the molecule is O=C(O)c1cc(-c2cc3c(cc2Br)OCC2(CC2)CO3)on1. The van der Waals surface area contributed by atoms with Crippen molar-refractivity contribution in [1.82, 2.24) is 5.16 Å². The van der Waals surface area contributed by atoms with Crippen molar-refractivity contribution in [2.75, 3.05) is 13.2 Å². The van der Waals surface area contributed by atoms with Gasteiger partial charge in [-0.2, -0.15) is 0 Å². The van der Waals surface area contributed by atoms with E-state index in [2.05, 4.69) is 21.1 Å². The summed E-state index contributed by atoms with van der Waals surface area (Å²) in [5, 5.41) is 12.5. The molecule has 0 radical (unpaired) electrons. The predicted molar refractivity (Wildman–Crippen MR) is 79.3 cm³/mol. The van der Waals surface area contributed by atoms with Gasteiger partial charge in [0.2, 0.25) is 0 Å². The van der Waals surface area contributed by atoms with Gasteiger partial charge in [0.1, 0.15) is 0 Å². The second-order valence-corrected chi connectivity index (χ2v) is 6.59. The summed E-state index contributed by atoms with van der Waals surface area (Å²) in [5.41, 5.74) is 0.703. The third-order valence-corrected chi connectivity index (χ3v) is 4.71. The summed E-state index contributed by atoms with van der Waals surface area (Å²) in [6, 6.07) is 4.98. The normalized spacial score (nSPS) is 18.0. The van der Waals surface area contributed by atoms with Gasteiger partial charge in [-0.25, -0.2) is 4.79 Å². The van der Waals surface area contributed by atoms with Crippen molar-refractivity contribution in [2.24, 2.45) is 5.41 Å². The van der Waals surface area contributed by atoms with Gasteiger partial charge >= 0.3 is 5.97 Å². The highest BCUT2D eigenvalue weighted by Gasteiger charge is 2.46. The lowest BCUT2D eigenvalue weighted by Gasteiger charge is -2.09. The standard InChI is InChI=1S/C15H12BrNO5/c16-9-4-13-12(20-6-15(1-2-15)7-21-13)3-8(9)11-5-10(14(18)19)17-22-11/h3-5H,1-2,6-7H2,(H,18,19). The first-order valence-electron chi connectivity index (χ1n) is 6.86. The average Bonchev–Trinajstić information content (AvgIpc) is 3.14. The number of carboxylic acids is 1. The van der Waals surface area contributed by atoms with Crippen LogP contribution in [0.1, 0.15) is 23.3 Å². The van der Waals surface area contributed by atoms with Gasteiger partial charge < -0.3 is 19.1 Å². The number of benzene rings is 1. The summed E-state index contributed by atoms with van der Waals surface area (Å²) in [6.45, 7) is 1.30. The van der Waals surface area contributed by atoms with Crippen LogP contribution in [0.2, 0.25) is 0 Å². The van der Waals surface area contributed by atoms with Crippen molar-refractivity contribution in [3.8, 4) is 22.8 Å². The third-order valence-electron chi connectivity index (χ3n) is 4.05. The fourth-order valence-corrected chi connectivity index (χ4v) is 2.94. The molecule has 1 aliphatic heterocycles. The van der Waals surface area contributed by atoms with Gasteiger partial charge in [0.25, 0.3) is 0 Å². The molecule has 0 bridgehead atoms. The molecule has 4 rings (SSSR count). The number of hydrogen-bond donors (Lipinski definition) is 1. The highest BCUT2D eigenvalue weighted by molar-refractivity contribution is 9.10. The van der Waals surface area contributed by atoms with Crippen molar-refractivity contribution in [3.05, 3.63) is 28.4 Å². The lowest BCUT2D eigenvalue weighted by molar-refractivity contribution is 0.0686. The Morgan fingerprint density at radius 2 is 1.86 bits per heavy atom. The van der Waals surface area contributed by atoms with Crippen LogP contribution in [-0.2, 0) is 0 Å². The Balaban J connectivity index is 1.71. The molecule has 1 N–H and O–H groups in total. The van der Waals surface area contributed by atoms with Crippen LogP contribution in [-0.4, -0.2) is 29.4 Å². The number of halogens is 1. The van der Waals surface area contributed by atoms with Crippen LogP contribution >= 0.6 is 15.9 Å². The number of carboxylic acid groups (broad SMARTS) is 1. The first kappa shape index (κ1) is 13.6. The summed E-state index contributed by atoms with van der Waals surface area (Å²) in [5.74, 6) is 0.546. The molecule has 2 aromatic rings. The summed E-state index contributed by atoms with van der Waals surface area (Å²) < 4.78 is 17.6. The monoisotopic (exact) mass is 365 g/mol. The van der Waals surface area contributed by atoms with Gasteiger partial charge in [-0.05, 0) is 40.9 Å². The molecule has 1 saturated carbocycles. The molecule has 0 amide bonds. The minimum atomic E-state index is -1.13. The number of aromatic nitrogens is 1. The molecular formula is C15H12BrNO5. The van der Waals surface area contributed by atoms with Crippen LogP contribution in [0, 0.1) is 5.41 Å². The Hall–Kier alpha value is -2.02. The molecule has 6 nitrogen and oxygen atoms in total. The molecule has 1 aromatic carbocycles. The molecule has 1 aromatic heterocycles. The van der Waals surface area contributed by atoms with Crippen LogP contribution in [0.5, 0.6) is 11.5 Å². The fraction of sp³-hybridized carbons (Fsp3) is 0.333. The maximum atomic E-state index is 10.9. The third kappa shape index (κ3) is 2.25. The van der Waals surface area contributed by atoms with E-state index < -0.39 is 5.97 Å². The number of hydrogen-bond acceptors (Lipinski definition) is 5. The number of ether oxygens (including phenoxy) is 2. The summed E-state index contributed by atoms with van der Waals surface area (Å²) in [4.78, 5) is 10.9. The molecule has 7 heteroatoms. The zero-order valence-corrected chi connectivity index (χ0v) is 13.1. The molecule has 1 spiro atoms. The minimum absolute atomic E-state index is 0.133. The van der Waals surface area contributed by atoms with Crippen LogP contribution in [0.4, 0.5) is 0 Å². The van der Waals surface area contributed by atoms with E-state index in [0.717, 1.165) is 17.3 Å². The Labute approximate surface area is 134 Å². The number of fused-ring (bicyclic) bond motifs is 1. The quantitative estimate of drug-likeness (QED) is 0.878. The number of aromatic carboxylic acids is 1. The minimum Gasteiger partial charge on any atom is -0.489 e. The molecule has 22 heavy (non-hydrogen) atoms. The van der Waals surface area contributed by atoms with Gasteiger partial charge in [0.15, 0.2) is 23.0 Å². The van der Waals surface area contributed by atoms with Crippen LogP contribution in [0.25, 0.3) is 11.3 Å². The summed E-state index contributed by atoms with van der Waals surface area (Å²) in [7, 11) is 0. The Kier molecular flexibility index (Phi) is 2.94. The fourth-order valence-electron chi connectivity index (χ4n) is 2.42. The molecule has 0 unspecified atom stereocenters. The summed E-state index contributed by atoms with van der Waals surface area (Å²) in [6.07, 6.45) is 2.25. The zero-order valence-electron chi connectivity index (χ0n) is 11.5. The van der Waals surface area contributed by atoms with E-state index in [1.807, 2.05) is 6.07 Å². The molecule has 0 saturated heterocycles. The van der Waals surface area contributed by atoms with E-state index in [1.54, 1.807) is 6.07 Å². The molecule has 2 aliphatic rings. The molecular weight excluding hydrogens is 354 g/mol. The highest BCUT2D eigenvalue weighted by Crippen LogP contribution is 2.50. The molecule has 2 heterocycles.